The summed E-state index contributed by atoms with van der Waals surface area (Å²) in [5, 5.41) is 10.6. The van der Waals surface area contributed by atoms with Gasteiger partial charge in [0.2, 0.25) is 0 Å². The SMILES string of the molecule is COc1ccc(C)c2c1O[C@H]1[C@@H](O)C=C[C@H]3C(C)N(C)CC[C@@]231. The van der Waals surface area contributed by atoms with Gasteiger partial charge < -0.3 is 19.5 Å². The molecule has 1 aromatic carbocycles. The molecule has 1 fully saturated rings. The zero-order chi connectivity index (χ0) is 16.4. The third-order valence-corrected chi connectivity index (χ3v) is 6.28. The zero-order valence-corrected chi connectivity index (χ0v) is 14.2. The number of fused-ring (bicyclic) bond motifs is 1. The van der Waals surface area contributed by atoms with E-state index in [0.29, 0.717) is 12.0 Å². The molecule has 1 unspecified atom stereocenters. The Morgan fingerprint density at radius 1 is 1.35 bits per heavy atom. The van der Waals surface area contributed by atoms with Gasteiger partial charge >= 0.3 is 0 Å². The van der Waals surface area contributed by atoms with Gasteiger partial charge in [-0.15, -0.1) is 0 Å². The number of likely N-dealkylation sites (tertiary alicyclic amines) is 1. The van der Waals surface area contributed by atoms with Gasteiger partial charge in [0, 0.05) is 22.9 Å². The van der Waals surface area contributed by atoms with E-state index in [2.05, 4.69) is 37.9 Å². The smallest absolute Gasteiger partial charge is 0.165 e. The molecule has 1 N–H and O–H groups in total. The second-order valence-corrected chi connectivity index (χ2v) is 7.24. The Kier molecular flexibility index (Phi) is 3.26. The molecular weight excluding hydrogens is 290 g/mol. The van der Waals surface area contributed by atoms with Crippen molar-refractivity contribution in [3.8, 4) is 11.5 Å². The first-order valence-corrected chi connectivity index (χ1v) is 8.42. The van der Waals surface area contributed by atoms with E-state index in [1.54, 1.807) is 7.11 Å². The molecule has 0 amide bonds. The third-order valence-electron chi connectivity index (χ3n) is 6.28. The topological polar surface area (TPSA) is 41.9 Å². The summed E-state index contributed by atoms with van der Waals surface area (Å²) in [5.41, 5.74) is 2.32. The van der Waals surface area contributed by atoms with Crippen molar-refractivity contribution in [1.29, 1.82) is 0 Å². The fourth-order valence-electron chi connectivity index (χ4n) is 4.99. The van der Waals surface area contributed by atoms with Gasteiger partial charge in [0.1, 0.15) is 12.2 Å². The Bertz CT molecular complexity index is 671. The molecule has 0 radical (unpaired) electrons. The number of piperidine rings is 1. The second kappa shape index (κ2) is 4.99. The van der Waals surface area contributed by atoms with Crippen LogP contribution in [0.4, 0.5) is 0 Å². The van der Waals surface area contributed by atoms with Crippen molar-refractivity contribution in [1.82, 2.24) is 4.90 Å². The number of benzene rings is 1. The average molecular weight is 315 g/mol. The monoisotopic (exact) mass is 315 g/mol. The predicted molar refractivity (Wildman–Crippen MR) is 89.2 cm³/mol. The number of hydrogen-bond acceptors (Lipinski definition) is 4. The maximum absolute atomic E-state index is 10.6. The zero-order valence-electron chi connectivity index (χ0n) is 14.2. The summed E-state index contributed by atoms with van der Waals surface area (Å²) in [6, 6.07) is 4.49. The number of methoxy groups -OCH3 is 1. The summed E-state index contributed by atoms with van der Waals surface area (Å²) in [4.78, 5) is 2.41. The second-order valence-electron chi connectivity index (χ2n) is 7.24. The highest BCUT2D eigenvalue weighted by Gasteiger charge is 2.61. The van der Waals surface area contributed by atoms with Crippen molar-refractivity contribution >= 4 is 0 Å². The molecule has 4 nitrogen and oxygen atoms in total. The van der Waals surface area contributed by atoms with E-state index in [1.807, 2.05) is 12.1 Å². The van der Waals surface area contributed by atoms with Gasteiger partial charge in [-0.05, 0) is 45.5 Å². The molecular formula is C19H25NO3. The molecule has 23 heavy (non-hydrogen) atoms. The van der Waals surface area contributed by atoms with Crippen LogP contribution in [0.25, 0.3) is 0 Å². The summed E-state index contributed by atoms with van der Waals surface area (Å²) < 4.78 is 11.9. The number of aryl methyl sites for hydroxylation is 1. The predicted octanol–water partition coefficient (Wildman–Crippen LogP) is 2.27. The van der Waals surface area contributed by atoms with Gasteiger partial charge in [0.05, 0.1) is 7.11 Å². The number of nitrogens with zero attached hydrogens (tertiary/aromatic N) is 1. The summed E-state index contributed by atoms with van der Waals surface area (Å²) in [6.07, 6.45) is 4.32. The third kappa shape index (κ3) is 1.79. The largest absolute Gasteiger partial charge is 0.493 e. The summed E-state index contributed by atoms with van der Waals surface area (Å²) in [6.45, 7) is 5.43. The number of aliphatic hydroxyl groups is 1. The van der Waals surface area contributed by atoms with Crippen LogP contribution in [0.3, 0.4) is 0 Å². The van der Waals surface area contributed by atoms with E-state index >= 15 is 0 Å². The molecule has 0 aromatic heterocycles. The lowest BCUT2D eigenvalue weighted by molar-refractivity contribution is -0.0369. The van der Waals surface area contributed by atoms with E-state index in [4.69, 9.17) is 9.47 Å². The molecule has 0 saturated carbocycles. The fourth-order valence-corrected chi connectivity index (χ4v) is 4.99. The molecule has 1 saturated heterocycles. The van der Waals surface area contributed by atoms with Crippen LogP contribution < -0.4 is 9.47 Å². The number of ether oxygens (including phenoxy) is 2. The maximum Gasteiger partial charge on any atom is 0.165 e. The van der Waals surface area contributed by atoms with Gasteiger partial charge in [-0.3, -0.25) is 0 Å². The van der Waals surface area contributed by atoms with E-state index in [0.717, 1.165) is 24.5 Å². The minimum atomic E-state index is -0.571. The van der Waals surface area contributed by atoms with Crippen LogP contribution in [0.1, 0.15) is 24.5 Å². The van der Waals surface area contributed by atoms with E-state index < -0.39 is 6.10 Å². The first-order chi connectivity index (χ1) is 11.0. The Labute approximate surface area is 137 Å². The van der Waals surface area contributed by atoms with Crippen LogP contribution in [0.5, 0.6) is 11.5 Å². The van der Waals surface area contributed by atoms with E-state index in [-0.39, 0.29) is 11.5 Å². The molecule has 2 aliphatic heterocycles. The van der Waals surface area contributed by atoms with Crippen LogP contribution in [-0.4, -0.2) is 49.0 Å². The van der Waals surface area contributed by atoms with Gasteiger partial charge in [0.25, 0.3) is 0 Å². The van der Waals surface area contributed by atoms with Crippen LogP contribution in [0, 0.1) is 12.8 Å². The minimum absolute atomic E-state index is 0.159. The molecule has 124 valence electrons. The fraction of sp³-hybridized carbons (Fsp3) is 0.579. The van der Waals surface area contributed by atoms with Gasteiger partial charge in [0.15, 0.2) is 11.5 Å². The van der Waals surface area contributed by atoms with Crippen molar-refractivity contribution in [3.05, 3.63) is 35.4 Å². The molecule has 3 aliphatic rings. The first kappa shape index (κ1) is 15.0. The lowest BCUT2D eigenvalue weighted by atomic mass is 9.57. The summed E-state index contributed by atoms with van der Waals surface area (Å²) in [5.74, 6) is 1.94. The molecule has 2 heterocycles. The highest BCUT2D eigenvalue weighted by Crippen LogP contribution is 2.59. The van der Waals surface area contributed by atoms with Crippen LogP contribution >= 0.6 is 0 Å². The average Bonchev–Trinajstić information content (AvgIpc) is 2.89. The number of hydrogen-bond donors (Lipinski definition) is 1. The Balaban J connectivity index is 1.97. The Morgan fingerprint density at radius 2 is 2.13 bits per heavy atom. The van der Waals surface area contributed by atoms with Crippen molar-refractivity contribution in [3.63, 3.8) is 0 Å². The van der Waals surface area contributed by atoms with Crippen molar-refractivity contribution < 1.29 is 14.6 Å². The van der Waals surface area contributed by atoms with Crippen molar-refractivity contribution in [2.45, 2.75) is 43.9 Å². The quantitative estimate of drug-likeness (QED) is 0.807. The normalized spacial score (nSPS) is 38.5. The Hall–Kier alpha value is -1.52. The molecule has 4 heteroatoms. The number of aliphatic hydroxyl groups excluding tert-OH is 1. The minimum Gasteiger partial charge on any atom is -0.493 e. The lowest BCUT2D eigenvalue weighted by Gasteiger charge is -2.52. The van der Waals surface area contributed by atoms with Gasteiger partial charge in [-0.2, -0.15) is 0 Å². The van der Waals surface area contributed by atoms with Crippen LogP contribution in [-0.2, 0) is 5.41 Å². The van der Waals surface area contributed by atoms with Gasteiger partial charge in [-0.1, -0.05) is 18.2 Å². The van der Waals surface area contributed by atoms with E-state index in [9.17, 15) is 5.11 Å². The molecule has 1 aliphatic carbocycles. The first-order valence-electron chi connectivity index (χ1n) is 8.42. The maximum atomic E-state index is 10.6. The van der Waals surface area contributed by atoms with Crippen LogP contribution in [0.2, 0.25) is 0 Å². The standard InChI is InChI=1S/C19H25NO3/c1-11-5-8-15(22-4)17-16(11)19-9-10-20(3)12(2)13(19)6-7-14(21)18(19)23-17/h5-8,12-14,18,21H,9-10H2,1-4H3/t12?,13-,14-,18-,19-/m0/s1. The molecule has 5 atom stereocenters. The molecule has 0 bridgehead atoms. The number of rotatable bonds is 1. The Morgan fingerprint density at radius 3 is 2.87 bits per heavy atom. The molecule has 1 aromatic rings. The summed E-state index contributed by atoms with van der Waals surface area (Å²) in [7, 11) is 3.86. The van der Waals surface area contributed by atoms with E-state index in [1.165, 1.54) is 11.1 Å². The molecule has 4 rings (SSSR count). The molecule has 1 spiro atoms. The summed E-state index contributed by atoms with van der Waals surface area (Å²) >= 11 is 0. The highest BCUT2D eigenvalue weighted by molar-refractivity contribution is 5.60. The van der Waals surface area contributed by atoms with Crippen molar-refractivity contribution in [2.75, 3.05) is 20.7 Å². The van der Waals surface area contributed by atoms with Crippen molar-refractivity contribution in [2.24, 2.45) is 5.92 Å². The van der Waals surface area contributed by atoms with Gasteiger partial charge in [-0.25, -0.2) is 0 Å². The highest BCUT2D eigenvalue weighted by atomic mass is 16.5. The van der Waals surface area contributed by atoms with Crippen LogP contribution in [0.15, 0.2) is 24.3 Å². The lowest BCUT2D eigenvalue weighted by Crippen LogP contribution is -2.61.